The van der Waals surface area contributed by atoms with E-state index in [0.717, 1.165) is 26.1 Å². The third-order valence-electron chi connectivity index (χ3n) is 6.27. The standard InChI is InChI=1S/C26H30O2Si.2ClH.Zr/c1-27-15-13-20-18-25(23-12-8-7-11-22(20)23)29(3,4)26-17-19-9-5-6-10-21(19)24(26)14-16-28-2;;;/h5-12,17-18H,13-16H2,1-4H3;2*1H;/q-2;;;+4/p-2. The second-order valence-electron chi connectivity index (χ2n) is 8.36. The molecule has 168 valence electrons. The summed E-state index contributed by atoms with van der Waals surface area (Å²) in [5.41, 5.74) is 2.88. The van der Waals surface area contributed by atoms with E-state index in [2.05, 4.69) is 73.8 Å². The van der Waals surface area contributed by atoms with E-state index in [0.29, 0.717) is 0 Å². The molecule has 2 nitrogen and oxygen atoms in total. The van der Waals surface area contributed by atoms with Crippen molar-refractivity contribution in [2.45, 2.75) is 25.9 Å². The number of hydrogen-bond acceptors (Lipinski definition) is 2. The number of rotatable bonds is 8. The summed E-state index contributed by atoms with van der Waals surface area (Å²) >= 11 is 0. The van der Waals surface area contributed by atoms with Crippen LogP contribution in [-0.2, 0) is 48.5 Å². The molecule has 0 spiro atoms. The van der Waals surface area contributed by atoms with Gasteiger partial charge in [0.2, 0.25) is 0 Å². The number of halogens is 2. The summed E-state index contributed by atoms with van der Waals surface area (Å²) in [5.74, 6) is 0. The predicted octanol–water partition coefficient (Wildman–Crippen LogP) is -1.36. The first-order valence-corrected chi connectivity index (χ1v) is 13.4. The molecule has 0 saturated carbocycles. The second-order valence-corrected chi connectivity index (χ2v) is 12.7. The molecular formula is C26H30Cl2O2SiZr. The summed E-state index contributed by atoms with van der Waals surface area (Å²) in [4.78, 5) is 0. The fourth-order valence-electron chi connectivity index (χ4n) is 4.73. The van der Waals surface area contributed by atoms with Crippen molar-refractivity contribution in [3.05, 3.63) is 71.8 Å². The summed E-state index contributed by atoms with van der Waals surface area (Å²) in [6, 6.07) is 22.6. The molecule has 4 aromatic carbocycles. The van der Waals surface area contributed by atoms with Crippen molar-refractivity contribution in [1.29, 1.82) is 0 Å². The van der Waals surface area contributed by atoms with Crippen LogP contribution < -0.4 is 35.2 Å². The van der Waals surface area contributed by atoms with Crippen molar-refractivity contribution in [3.8, 4) is 0 Å². The van der Waals surface area contributed by atoms with Crippen molar-refractivity contribution in [2.75, 3.05) is 27.4 Å². The van der Waals surface area contributed by atoms with Crippen LogP contribution in [0.4, 0.5) is 0 Å². The smallest absolute Gasteiger partial charge is 1.00 e. The van der Waals surface area contributed by atoms with Gasteiger partial charge in [-0.05, 0) is 12.8 Å². The summed E-state index contributed by atoms with van der Waals surface area (Å²) in [6.45, 7) is 6.51. The normalized spacial score (nSPS) is 11.1. The van der Waals surface area contributed by atoms with Crippen LogP contribution >= 0.6 is 0 Å². The van der Waals surface area contributed by atoms with Crippen LogP contribution in [0.2, 0.25) is 13.1 Å². The first-order valence-electron chi connectivity index (χ1n) is 10.4. The molecule has 0 amide bonds. The third kappa shape index (κ3) is 5.49. The van der Waals surface area contributed by atoms with Gasteiger partial charge in [-0.2, -0.15) is 16.5 Å². The van der Waals surface area contributed by atoms with Crippen molar-refractivity contribution in [2.24, 2.45) is 0 Å². The average Bonchev–Trinajstić information content (AvgIpc) is 3.30. The minimum Gasteiger partial charge on any atom is -1.00 e. The molecule has 0 aromatic heterocycles. The molecule has 4 aromatic rings. The van der Waals surface area contributed by atoms with Crippen LogP contribution in [0.1, 0.15) is 11.1 Å². The van der Waals surface area contributed by atoms with Gasteiger partial charge in [-0.1, -0.05) is 25.2 Å². The van der Waals surface area contributed by atoms with Gasteiger partial charge in [-0.3, -0.25) is 0 Å². The van der Waals surface area contributed by atoms with Gasteiger partial charge in [0.05, 0.1) is 0 Å². The van der Waals surface area contributed by atoms with Gasteiger partial charge in [0, 0.05) is 35.5 Å². The average molecular weight is 565 g/mol. The Balaban J connectivity index is 0.00000171. The van der Waals surface area contributed by atoms with Crippen molar-refractivity contribution in [1.82, 2.24) is 0 Å². The Kier molecular flexibility index (Phi) is 11.6. The van der Waals surface area contributed by atoms with Gasteiger partial charge in [0.15, 0.2) is 0 Å². The minimum absolute atomic E-state index is 0. The second kappa shape index (κ2) is 12.6. The Labute approximate surface area is 224 Å². The number of benzene rings is 2. The minimum atomic E-state index is -1.91. The van der Waals surface area contributed by atoms with Crippen LogP contribution in [-0.4, -0.2) is 35.5 Å². The Hall–Kier alpha value is -0.740. The summed E-state index contributed by atoms with van der Waals surface area (Å²) in [6.07, 6.45) is 1.92. The first-order chi connectivity index (χ1) is 14.1. The Morgan fingerprint density at radius 3 is 2.12 bits per heavy atom. The zero-order valence-electron chi connectivity index (χ0n) is 19.2. The molecule has 0 unspecified atom stereocenters. The fourth-order valence-corrected chi connectivity index (χ4v) is 7.97. The topological polar surface area (TPSA) is 18.5 Å². The molecule has 0 saturated heterocycles. The largest absolute Gasteiger partial charge is 4.00 e. The van der Waals surface area contributed by atoms with Gasteiger partial charge in [0.1, 0.15) is 0 Å². The molecule has 0 heterocycles. The molecule has 0 bridgehead atoms. The summed E-state index contributed by atoms with van der Waals surface area (Å²) < 4.78 is 10.8. The Morgan fingerprint density at radius 2 is 1.44 bits per heavy atom. The first kappa shape index (κ1) is 29.3. The molecule has 0 fully saturated rings. The fraction of sp³-hybridized carbons (Fsp3) is 0.308. The molecule has 0 N–H and O–H groups in total. The summed E-state index contributed by atoms with van der Waals surface area (Å²) in [7, 11) is 1.66. The molecule has 0 radical (unpaired) electrons. The number of hydrogen-bond donors (Lipinski definition) is 0. The van der Waals surface area contributed by atoms with E-state index in [4.69, 9.17) is 9.47 Å². The molecule has 4 rings (SSSR count). The predicted molar refractivity (Wildman–Crippen MR) is 127 cm³/mol. The van der Waals surface area contributed by atoms with Crippen molar-refractivity contribution in [3.63, 3.8) is 0 Å². The van der Waals surface area contributed by atoms with Crippen LogP contribution in [0.15, 0.2) is 60.7 Å². The van der Waals surface area contributed by atoms with Crippen LogP contribution in [0.5, 0.6) is 0 Å². The monoisotopic (exact) mass is 562 g/mol. The Bertz CT molecular complexity index is 1130. The number of ether oxygens (including phenoxy) is 2. The maximum absolute atomic E-state index is 5.46. The maximum atomic E-state index is 5.46. The van der Waals surface area contributed by atoms with Crippen molar-refractivity contribution >= 4 is 40.0 Å². The van der Waals surface area contributed by atoms with Gasteiger partial charge < -0.3 is 34.3 Å². The van der Waals surface area contributed by atoms with Gasteiger partial charge in [0.25, 0.3) is 0 Å². The number of fused-ring (bicyclic) bond motifs is 2. The Morgan fingerprint density at radius 1 is 0.844 bits per heavy atom. The van der Waals surface area contributed by atoms with Crippen LogP contribution in [0.3, 0.4) is 0 Å². The molecule has 6 heteroatoms. The van der Waals surface area contributed by atoms with Crippen molar-refractivity contribution < 1.29 is 60.5 Å². The third-order valence-corrected chi connectivity index (χ3v) is 9.82. The van der Waals surface area contributed by atoms with E-state index >= 15 is 0 Å². The molecule has 0 aliphatic heterocycles. The molecular weight excluding hydrogens is 535 g/mol. The maximum Gasteiger partial charge on any atom is 4.00 e. The quantitative estimate of drug-likeness (QED) is 0.195. The van der Waals surface area contributed by atoms with Gasteiger partial charge in [-0.25, -0.2) is 0 Å². The molecule has 0 aliphatic carbocycles. The zero-order valence-corrected chi connectivity index (χ0v) is 24.1. The zero-order chi connectivity index (χ0) is 20.4. The van der Waals surface area contributed by atoms with E-state index in [9.17, 15) is 0 Å². The van der Waals surface area contributed by atoms with Gasteiger partial charge >= 0.3 is 26.2 Å². The number of methoxy groups -OCH3 is 2. The van der Waals surface area contributed by atoms with E-state index in [1.807, 2.05) is 0 Å². The van der Waals surface area contributed by atoms with Gasteiger partial charge in [-0.15, -0.1) is 75.1 Å². The van der Waals surface area contributed by atoms with E-state index < -0.39 is 8.07 Å². The summed E-state index contributed by atoms with van der Waals surface area (Å²) in [5, 5.41) is 8.62. The SMILES string of the molecule is COCCc1c([Si](C)(C)[c-]2cc(CCOC)c3ccccc32)[cH-]c2ccccc12.[Cl-].[Cl-].[Zr+4]. The molecule has 32 heavy (non-hydrogen) atoms. The molecule has 0 aliphatic rings. The van der Waals surface area contributed by atoms with E-state index in [1.165, 1.54) is 37.9 Å². The molecule has 0 atom stereocenters. The van der Waals surface area contributed by atoms with E-state index in [-0.39, 0.29) is 51.0 Å². The van der Waals surface area contributed by atoms with Crippen LogP contribution in [0.25, 0.3) is 21.5 Å². The van der Waals surface area contributed by atoms with Crippen LogP contribution in [0, 0.1) is 0 Å². The van der Waals surface area contributed by atoms with E-state index in [1.54, 1.807) is 19.4 Å².